The first kappa shape index (κ1) is 19.2. The van der Waals surface area contributed by atoms with Gasteiger partial charge in [0.25, 0.3) is 0 Å². The van der Waals surface area contributed by atoms with Crippen LogP contribution < -0.4 is 0 Å². The van der Waals surface area contributed by atoms with E-state index in [9.17, 15) is 9.18 Å². The number of benzene rings is 2. The number of hydrogen-bond acceptors (Lipinski definition) is 6. The molecule has 4 rings (SSSR count). The van der Waals surface area contributed by atoms with Crippen LogP contribution >= 0.6 is 11.3 Å². The number of aryl methyl sites for hydroxylation is 3. The van der Waals surface area contributed by atoms with Crippen LogP contribution in [0.4, 0.5) is 4.39 Å². The molecule has 29 heavy (non-hydrogen) atoms. The zero-order valence-corrected chi connectivity index (χ0v) is 17.1. The van der Waals surface area contributed by atoms with Crippen molar-refractivity contribution in [3.8, 4) is 10.6 Å². The van der Waals surface area contributed by atoms with Crippen molar-refractivity contribution in [3.05, 3.63) is 63.9 Å². The minimum absolute atomic E-state index is 0.150. The number of esters is 1. The zero-order valence-electron chi connectivity index (χ0n) is 16.3. The van der Waals surface area contributed by atoms with Crippen molar-refractivity contribution >= 4 is 28.3 Å². The summed E-state index contributed by atoms with van der Waals surface area (Å²) in [7, 11) is 1.83. The van der Waals surface area contributed by atoms with E-state index in [0.29, 0.717) is 0 Å². The largest absolute Gasteiger partial charge is 0.461 e. The quantitative estimate of drug-likeness (QED) is 0.463. The second-order valence-electron chi connectivity index (χ2n) is 6.86. The predicted molar refractivity (Wildman–Crippen MR) is 109 cm³/mol. The third kappa shape index (κ3) is 4.02. The number of halogens is 1. The number of hydrogen-bond donors (Lipinski definition) is 0. The summed E-state index contributed by atoms with van der Waals surface area (Å²) in [6, 6.07) is 10.3. The van der Waals surface area contributed by atoms with Gasteiger partial charge in [0, 0.05) is 17.5 Å². The van der Waals surface area contributed by atoms with Gasteiger partial charge in [-0.05, 0) is 55.3 Å². The Bertz CT molecular complexity index is 1210. The highest BCUT2D eigenvalue weighted by atomic mass is 32.1. The van der Waals surface area contributed by atoms with Gasteiger partial charge in [0.05, 0.1) is 17.6 Å². The molecule has 148 valence electrons. The zero-order chi connectivity index (χ0) is 20.5. The molecule has 0 radical (unpaired) electrons. The van der Waals surface area contributed by atoms with E-state index in [1.807, 2.05) is 39.1 Å². The van der Waals surface area contributed by atoms with Gasteiger partial charge in [0.2, 0.25) is 0 Å². The van der Waals surface area contributed by atoms with Crippen molar-refractivity contribution in [1.29, 1.82) is 0 Å². The molecule has 4 aromatic rings. The number of carbonyl (C=O) groups excluding carboxylic acids is 1. The summed E-state index contributed by atoms with van der Waals surface area (Å²) in [5.41, 5.74) is 5.01. The molecule has 8 heteroatoms. The van der Waals surface area contributed by atoms with Crippen LogP contribution in [0, 0.1) is 19.7 Å². The third-order valence-electron chi connectivity index (χ3n) is 4.69. The molecule has 0 aliphatic rings. The molecule has 6 nitrogen and oxygen atoms in total. The Morgan fingerprint density at radius 3 is 2.83 bits per heavy atom. The highest BCUT2D eigenvalue weighted by Gasteiger charge is 2.15. The maximum Gasteiger partial charge on any atom is 0.311 e. The Labute approximate surface area is 171 Å². The Balaban J connectivity index is 1.43. The molecular weight excluding hydrogens is 391 g/mol. The molecule has 0 fully saturated rings. The van der Waals surface area contributed by atoms with Crippen LogP contribution in [-0.4, -0.2) is 25.9 Å². The summed E-state index contributed by atoms with van der Waals surface area (Å²) < 4.78 is 20.5. The third-order valence-corrected chi connectivity index (χ3v) is 5.88. The molecule has 0 spiro atoms. The molecule has 0 unspecified atom stereocenters. The maximum atomic E-state index is 13.3. The Kier molecular flexibility index (Phi) is 5.10. The summed E-state index contributed by atoms with van der Waals surface area (Å²) in [4.78, 5) is 17.7. The van der Waals surface area contributed by atoms with Crippen LogP contribution in [0.3, 0.4) is 0 Å². The van der Waals surface area contributed by atoms with Crippen molar-refractivity contribution in [2.24, 2.45) is 7.05 Å². The maximum absolute atomic E-state index is 13.3. The minimum Gasteiger partial charge on any atom is -0.461 e. The molecule has 0 atom stereocenters. The molecule has 2 aromatic carbocycles. The minimum atomic E-state index is -0.321. The highest BCUT2D eigenvalue weighted by Crippen LogP contribution is 2.31. The first-order valence-electron chi connectivity index (χ1n) is 9.07. The number of nitrogens with zero attached hydrogens (tertiary/aromatic N) is 4. The van der Waals surface area contributed by atoms with Gasteiger partial charge in [-0.3, -0.25) is 4.79 Å². The second-order valence-corrected chi connectivity index (χ2v) is 7.94. The average Bonchev–Trinajstić information content (AvgIpc) is 3.23. The van der Waals surface area contributed by atoms with Gasteiger partial charge in [0.15, 0.2) is 0 Å². The first-order chi connectivity index (χ1) is 13.9. The second kappa shape index (κ2) is 7.71. The molecule has 2 aromatic heterocycles. The SMILES string of the molecule is Cc1cc(F)ccc1-c1nc(C)c(CC(=O)OCc2ccc3c(c2)nnn3C)s1. The van der Waals surface area contributed by atoms with Gasteiger partial charge in [-0.2, -0.15) is 0 Å². The number of rotatable bonds is 5. The number of thiazole rings is 1. The molecule has 0 amide bonds. The highest BCUT2D eigenvalue weighted by molar-refractivity contribution is 7.15. The number of fused-ring (bicyclic) bond motifs is 1. The fourth-order valence-corrected chi connectivity index (χ4v) is 4.23. The monoisotopic (exact) mass is 410 g/mol. The molecule has 0 aliphatic heterocycles. The van der Waals surface area contributed by atoms with Gasteiger partial charge in [-0.1, -0.05) is 11.3 Å². The van der Waals surface area contributed by atoms with E-state index in [0.717, 1.165) is 43.3 Å². The van der Waals surface area contributed by atoms with Crippen molar-refractivity contribution in [2.75, 3.05) is 0 Å². The summed E-state index contributed by atoms with van der Waals surface area (Å²) in [6.45, 7) is 3.88. The summed E-state index contributed by atoms with van der Waals surface area (Å²) >= 11 is 1.43. The van der Waals surface area contributed by atoms with Crippen LogP contribution in [-0.2, 0) is 29.6 Å². The van der Waals surface area contributed by atoms with Crippen LogP contribution in [0.1, 0.15) is 21.7 Å². The van der Waals surface area contributed by atoms with E-state index in [-0.39, 0.29) is 24.8 Å². The van der Waals surface area contributed by atoms with Gasteiger partial charge in [-0.15, -0.1) is 16.4 Å². The van der Waals surface area contributed by atoms with E-state index in [2.05, 4.69) is 15.3 Å². The van der Waals surface area contributed by atoms with Crippen molar-refractivity contribution in [3.63, 3.8) is 0 Å². The number of carbonyl (C=O) groups is 1. The lowest BCUT2D eigenvalue weighted by molar-refractivity contribution is -0.144. The molecular formula is C21H19FN4O2S. The molecule has 0 saturated carbocycles. The van der Waals surface area contributed by atoms with E-state index in [4.69, 9.17) is 4.74 Å². The number of aromatic nitrogens is 4. The van der Waals surface area contributed by atoms with Gasteiger partial charge in [-0.25, -0.2) is 14.1 Å². The van der Waals surface area contributed by atoms with E-state index < -0.39 is 0 Å². The molecule has 0 aliphatic carbocycles. The van der Waals surface area contributed by atoms with E-state index >= 15 is 0 Å². The Hall–Kier alpha value is -3.13. The number of ether oxygens (including phenoxy) is 1. The van der Waals surface area contributed by atoms with Crippen molar-refractivity contribution < 1.29 is 13.9 Å². The van der Waals surface area contributed by atoms with Gasteiger partial charge >= 0.3 is 5.97 Å². The Morgan fingerprint density at radius 1 is 1.21 bits per heavy atom. The molecule has 0 N–H and O–H groups in total. The molecule has 0 bridgehead atoms. The van der Waals surface area contributed by atoms with Gasteiger partial charge < -0.3 is 4.74 Å². The lowest BCUT2D eigenvalue weighted by atomic mass is 10.1. The first-order valence-corrected chi connectivity index (χ1v) is 9.89. The van der Waals surface area contributed by atoms with Crippen LogP contribution in [0.15, 0.2) is 36.4 Å². The standard InChI is InChI=1S/C21H19FN4O2S/c1-12-8-15(22)5-6-16(12)21-23-13(2)19(29-21)10-20(27)28-11-14-4-7-18-17(9-14)24-25-26(18)3/h4-9H,10-11H2,1-3H3. The van der Waals surface area contributed by atoms with Crippen LogP contribution in [0.5, 0.6) is 0 Å². The van der Waals surface area contributed by atoms with Gasteiger partial charge in [0.1, 0.15) is 22.9 Å². The van der Waals surface area contributed by atoms with Crippen molar-refractivity contribution in [1.82, 2.24) is 20.0 Å². The fraction of sp³-hybridized carbons (Fsp3) is 0.238. The summed E-state index contributed by atoms with van der Waals surface area (Å²) in [6.07, 6.45) is 0.150. The average molecular weight is 410 g/mol. The van der Waals surface area contributed by atoms with Crippen LogP contribution in [0.25, 0.3) is 21.6 Å². The van der Waals surface area contributed by atoms with E-state index in [1.54, 1.807) is 10.7 Å². The predicted octanol–water partition coefficient (Wildman–Crippen LogP) is 4.13. The fourth-order valence-electron chi connectivity index (χ4n) is 3.10. The topological polar surface area (TPSA) is 69.9 Å². The molecule has 0 saturated heterocycles. The van der Waals surface area contributed by atoms with E-state index in [1.165, 1.54) is 23.5 Å². The van der Waals surface area contributed by atoms with Crippen molar-refractivity contribution in [2.45, 2.75) is 26.9 Å². The lowest BCUT2D eigenvalue weighted by Gasteiger charge is -2.05. The lowest BCUT2D eigenvalue weighted by Crippen LogP contribution is -2.07. The Morgan fingerprint density at radius 2 is 2.03 bits per heavy atom. The smallest absolute Gasteiger partial charge is 0.311 e. The normalized spacial score (nSPS) is 11.2. The summed E-state index contributed by atoms with van der Waals surface area (Å²) in [5.74, 6) is -0.596. The molecule has 2 heterocycles. The van der Waals surface area contributed by atoms with Crippen LogP contribution in [0.2, 0.25) is 0 Å². The summed E-state index contributed by atoms with van der Waals surface area (Å²) in [5, 5.41) is 8.81.